The molecule has 2 nitrogen and oxygen atoms in total. The Morgan fingerprint density at radius 2 is 1.36 bits per heavy atom. The van der Waals surface area contributed by atoms with E-state index in [2.05, 4.69) is 0 Å². The molecule has 0 bridgehead atoms. The maximum atomic E-state index is 5.74. The summed E-state index contributed by atoms with van der Waals surface area (Å²) in [5, 5.41) is 0. The van der Waals surface area contributed by atoms with Gasteiger partial charge in [0.2, 0.25) is 3.79 Å². The van der Waals surface area contributed by atoms with Gasteiger partial charge in [0, 0.05) is 11.6 Å². The minimum atomic E-state index is -1.47. The highest BCUT2D eigenvalue weighted by Gasteiger charge is 2.24. The van der Waals surface area contributed by atoms with Gasteiger partial charge in [-0.15, -0.1) is 0 Å². The van der Waals surface area contributed by atoms with Gasteiger partial charge in [0.25, 0.3) is 0 Å². The Morgan fingerprint density at radius 3 is 1.64 bits per heavy atom. The standard InChI is InChI=1S/C9H9Cl3O2/c1-13-7-3-6(9(10,11)12)4-8(5-7)14-2/h3-5H,1-2H3. The molecule has 0 N–H and O–H groups in total. The molecule has 1 aromatic rings. The highest BCUT2D eigenvalue weighted by Crippen LogP contribution is 2.41. The van der Waals surface area contributed by atoms with E-state index in [1.165, 1.54) is 14.2 Å². The van der Waals surface area contributed by atoms with E-state index in [9.17, 15) is 0 Å². The lowest BCUT2D eigenvalue weighted by molar-refractivity contribution is 0.393. The molecule has 0 heterocycles. The summed E-state index contributed by atoms with van der Waals surface area (Å²) in [5.74, 6) is 1.18. The molecule has 0 amide bonds. The quantitative estimate of drug-likeness (QED) is 0.753. The molecule has 1 rings (SSSR count). The maximum Gasteiger partial charge on any atom is 0.216 e. The van der Waals surface area contributed by atoms with Crippen LogP contribution in [0.15, 0.2) is 18.2 Å². The van der Waals surface area contributed by atoms with E-state index in [0.29, 0.717) is 17.1 Å². The van der Waals surface area contributed by atoms with E-state index >= 15 is 0 Å². The molecule has 0 aliphatic carbocycles. The summed E-state index contributed by atoms with van der Waals surface area (Å²) in [6.45, 7) is 0. The van der Waals surface area contributed by atoms with Gasteiger partial charge in [0.05, 0.1) is 14.2 Å². The van der Waals surface area contributed by atoms with Crippen LogP contribution in [-0.4, -0.2) is 14.2 Å². The molecule has 0 unspecified atom stereocenters. The molecule has 0 fully saturated rings. The fourth-order valence-electron chi connectivity index (χ4n) is 0.971. The number of hydrogen-bond acceptors (Lipinski definition) is 2. The van der Waals surface area contributed by atoms with E-state index in [0.717, 1.165) is 0 Å². The third kappa shape index (κ3) is 2.84. The number of methoxy groups -OCH3 is 2. The third-order valence-corrected chi connectivity index (χ3v) is 2.33. The van der Waals surface area contributed by atoms with Gasteiger partial charge in [-0.3, -0.25) is 0 Å². The normalized spacial score (nSPS) is 11.2. The molecular formula is C9H9Cl3O2. The van der Waals surface area contributed by atoms with Gasteiger partial charge in [0.1, 0.15) is 11.5 Å². The van der Waals surface area contributed by atoms with Gasteiger partial charge in [-0.25, -0.2) is 0 Å². The summed E-state index contributed by atoms with van der Waals surface area (Å²) in [4.78, 5) is 0. The topological polar surface area (TPSA) is 18.5 Å². The van der Waals surface area contributed by atoms with Crippen LogP contribution in [-0.2, 0) is 3.79 Å². The lowest BCUT2D eigenvalue weighted by Gasteiger charge is -2.14. The van der Waals surface area contributed by atoms with Gasteiger partial charge >= 0.3 is 0 Å². The summed E-state index contributed by atoms with van der Waals surface area (Å²) in [7, 11) is 3.08. The average Bonchev–Trinajstić information content (AvgIpc) is 2.15. The van der Waals surface area contributed by atoms with Crippen molar-refractivity contribution >= 4 is 34.8 Å². The van der Waals surface area contributed by atoms with Crippen LogP contribution >= 0.6 is 34.8 Å². The molecule has 1 aromatic carbocycles. The SMILES string of the molecule is COc1cc(OC)cc(C(Cl)(Cl)Cl)c1. The Hall–Kier alpha value is -0.310. The van der Waals surface area contributed by atoms with Crippen molar-refractivity contribution in [3.8, 4) is 11.5 Å². The number of hydrogen-bond donors (Lipinski definition) is 0. The predicted molar refractivity (Wildman–Crippen MR) is 58.8 cm³/mol. The first kappa shape index (κ1) is 11.8. The van der Waals surface area contributed by atoms with Gasteiger partial charge < -0.3 is 9.47 Å². The van der Waals surface area contributed by atoms with Crippen LogP contribution in [0.2, 0.25) is 0 Å². The van der Waals surface area contributed by atoms with E-state index in [4.69, 9.17) is 44.3 Å². The number of rotatable bonds is 2. The van der Waals surface area contributed by atoms with Gasteiger partial charge in [-0.05, 0) is 12.1 Å². The van der Waals surface area contributed by atoms with E-state index in [1.54, 1.807) is 18.2 Å². The zero-order valence-corrected chi connectivity index (χ0v) is 9.95. The third-order valence-electron chi connectivity index (χ3n) is 1.68. The first-order valence-electron chi connectivity index (χ1n) is 3.77. The first-order chi connectivity index (χ1) is 6.47. The summed E-state index contributed by atoms with van der Waals surface area (Å²) >= 11 is 17.2. The van der Waals surface area contributed by atoms with Crippen LogP contribution in [0.5, 0.6) is 11.5 Å². The zero-order chi connectivity index (χ0) is 10.8. The second-order valence-corrected chi connectivity index (χ2v) is 4.88. The van der Waals surface area contributed by atoms with Crippen molar-refractivity contribution < 1.29 is 9.47 Å². The van der Waals surface area contributed by atoms with E-state index in [1.807, 2.05) is 0 Å². The fourth-order valence-corrected chi connectivity index (χ4v) is 1.30. The van der Waals surface area contributed by atoms with Crippen molar-refractivity contribution in [3.05, 3.63) is 23.8 Å². The fraction of sp³-hybridized carbons (Fsp3) is 0.333. The molecule has 0 aromatic heterocycles. The van der Waals surface area contributed by atoms with Crippen molar-refractivity contribution in [1.29, 1.82) is 0 Å². The minimum Gasteiger partial charge on any atom is -0.497 e. The second-order valence-electron chi connectivity index (χ2n) is 2.60. The number of halogens is 3. The van der Waals surface area contributed by atoms with Crippen LogP contribution in [0, 0.1) is 0 Å². The number of ether oxygens (including phenoxy) is 2. The van der Waals surface area contributed by atoms with Gasteiger partial charge in [-0.1, -0.05) is 34.8 Å². The first-order valence-corrected chi connectivity index (χ1v) is 4.91. The largest absolute Gasteiger partial charge is 0.497 e. The minimum absolute atomic E-state index is 0.513. The van der Waals surface area contributed by atoms with Crippen LogP contribution < -0.4 is 9.47 Å². The van der Waals surface area contributed by atoms with Gasteiger partial charge in [0.15, 0.2) is 0 Å². The average molecular weight is 256 g/mol. The Labute approximate surface area is 97.7 Å². The Bertz CT molecular complexity index is 298. The van der Waals surface area contributed by atoms with Crippen molar-refractivity contribution in [2.75, 3.05) is 14.2 Å². The molecule has 0 aliphatic rings. The summed E-state index contributed by atoms with van der Waals surface area (Å²) in [6, 6.07) is 5.00. The second kappa shape index (κ2) is 4.47. The molecule has 0 radical (unpaired) electrons. The summed E-state index contributed by atoms with van der Waals surface area (Å²) in [6.07, 6.45) is 0. The smallest absolute Gasteiger partial charge is 0.216 e. The Kier molecular flexibility index (Phi) is 3.76. The molecule has 78 valence electrons. The Morgan fingerprint density at radius 1 is 0.929 bits per heavy atom. The molecule has 0 atom stereocenters. The molecule has 0 spiro atoms. The lowest BCUT2D eigenvalue weighted by atomic mass is 10.2. The highest BCUT2D eigenvalue weighted by molar-refractivity contribution is 6.66. The van der Waals surface area contributed by atoms with Crippen LogP contribution in [0.4, 0.5) is 0 Å². The summed E-state index contributed by atoms with van der Waals surface area (Å²) in [5.41, 5.74) is 0.513. The molecular weight excluding hydrogens is 246 g/mol. The molecule has 0 saturated carbocycles. The molecule has 14 heavy (non-hydrogen) atoms. The van der Waals surface area contributed by atoms with Crippen LogP contribution in [0.3, 0.4) is 0 Å². The van der Waals surface area contributed by atoms with E-state index in [-0.39, 0.29) is 0 Å². The van der Waals surface area contributed by atoms with Crippen molar-refractivity contribution in [2.24, 2.45) is 0 Å². The number of benzene rings is 1. The van der Waals surface area contributed by atoms with Crippen LogP contribution in [0.1, 0.15) is 5.56 Å². The van der Waals surface area contributed by atoms with Crippen molar-refractivity contribution in [3.63, 3.8) is 0 Å². The van der Waals surface area contributed by atoms with Crippen LogP contribution in [0.25, 0.3) is 0 Å². The molecule has 5 heteroatoms. The van der Waals surface area contributed by atoms with Crippen molar-refractivity contribution in [1.82, 2.24) is 0 Å². The Balaban J connectivity index is 3.17. The van der Waals surface area contributed by atoms with E-state index < -0.39 is 3.79 Å². The summed E-state index contributed by atoms with van der Waals surface area (Å²) < 4.78 is 8.60. The predicted octanol–water partition coefficient (Wildman–Crippen LogP) is 3.53. The van der Waals surface area contributed by atoms with Crippen molar-refractivity contribution in [2.45, 2.75) is 3.79 Å². The number of alkyl halides is 3. The maximum absolute atomic E-state index is 5.74. The van der Waals surface area contributed by atoms with Gasteiger partial charge in [-0.2, -0.15) is 0 Å². The highest BCUT2D eigenvalue weighted by atomic mass is 35.6. The molecule has 0 saturated heterocycles. The molecule has 0 aliphatic heterocycles. The monoisotopic (exact) mass is 254 g/mol. The lowest BCUT2D eigenvalue weighted by Crippen LogP contribution is -2.01. The zero-order valence-electron chi connectivity index (χ0n) is 7.68.